The van der Waals surface area contributed by atoms with Crippen LogP contribution >= 0.6 is 22.6 Å². The number of hydrogen-bond donors (Lipinski definition) is 1. The van der Waals surface area contributed by atoms with Crippen molar-refractivity contribution in [1.29, 1.82) is 0 Å². The van der Waals surface area contributed by atoms with Gasteiger partial charge in [0.1, 0.15) is 0 Å². The molecule has 0 atom stereocenters. The zero-order valence-electron chi connectivity index (χ0n) is 11.2. The predicted molar refractivity (Wildman–Crippen MR) is 84.6 cm³/mol. The highest BCUT2D eigenvalue weighted by Gasteiger charge is 1.95. The molecule has 4 heteroatoms. The molecule has 0 bridgehead atoms. The molecule has 0 aromatic carbocycles. The van der Waals surface area contributed by atoms with E-state index in [-0.39, 0.29) is 0 Å². The normalized spacial score (nSPS) is 9.61. The minimum absolute atomic E-state index is 0.803. The van der Waals surface area contributed by atoms with Crippen LogP contribution in [0.2, 0.25) is 0 Å². The fourth-order valence-electron chi connectivity index (χ4n) is 1.38. The number of rotatable bonds is 0. The maximum Gasteiger partial charge on any atom is 0.0604 e. The molecule has 2 heterocycles. The summed E-state index contributed by atoms with van der Waals surface area (Å²) in [5.74, 6) is 0. The summed E-state index contributed by atoms with van der Waals surface area (Å²) in [7, 11) is 0. The van der Waals surface area contributed by atoms with Crippen LogP contribution in [0.5, 0.6) is 0 Å². The number of hydrogen-bond acceptors (Lipinski definition) is 3. The molecular weight excluding hydrogens is 337 g/mol. The van der Waals surface area contributed by atoms with Gasteiger partial charge >= 0.3 is 0 Å². The Labute approximate surface area is 122 Å². The van der Waals surface area contributed by atoms with Crippen molar-refractivity contribution in [3.05, 3.63) is 50.6 Å². The molecule has 2 N–H and O–H groups in total. The number of nitrogens with two attached hydrogens (primary N) is 1. The van der Waals surface area contributed by atoms with E-state index >= 15 is 0 Å². The van der Waals surface area contributed by atoms with Crippen molar-refractivity contribution >= 4 is 28.3 Å². The van der Waals surface area contributed by atoms with E-state index in [1.165, 1.54) is 9.13 Å². The highest BCUT2D eigenvalue weighted by molar-refractivity contribution is 14.1. The predicted octanol–water partition coefficient (Wildman–Crippen LogP) is 3.58. The molecule has 2 aromatic rings. The second-order valence-corrected chi connectivity index (χ2v) is 5.23. The Hall–Kier alpha value is -1.17. The first-order valence-electron chi connectivity index (χ1n) is 5.69. The molecular formula is C14H18IN3. The van der Waals surface area contributed by atoms with Crippen LogP contribution in [-0.4, -0.2) is 9.97 Å². The van der Waals surface area contributed by atoms with Crippen LogP contribution in [0.3, 0.4) is 0 Å². The number of aryl methyl sites for hydroxylation is 4. The summed E-state index contributed by atoms with van der Waals surface area (Å²) in [6, 6.07) is 3.93. The zero-order chi connectivity index (χ0) is 13.7. The number of anilines is 1. The standard InChI is InChI=1S/C7H8IN.C7H10N2/c2*1-5-3-4-9-6(2)7(5)8/h3-4H,1-2H3;3-4H,8H2,1-2H3. The molecule has 2 rings (SSSR count). The summed E-state index contributed by atoms with van der Waals surface area (Å²) in [6.07, 6.45) is 3.61. The topological polar surface area (TPSA) is 51.8 Å². The summed E-state index contributed by atoms with van der Waals surface area (Å²) >= 11 is 2.31. The van der Waals surface area contributed by atoms with Gasteiger partial charge in [-0.05, 0) is 73.5 Å². The Morgan fingerprint density at radius 1 is 0.889 bits per heavy atom. The van der Waals surface area contributed by atoms with Crippen molar-refractivity contribution in [2.75, 3.05) is 5.73 Å². The second-order valence-electron chi connectivity index (χ2n) is 4.15. The lowest BCUT2D eigenvalue weighted by Gasteiger charge is -1.99. The molecule has 0 aliphatic heterocycles. The van der Waals surface area contributed by atoms with Crippen molar-refractivity contribution in [1.82, 2.24) is 9.97 Å². The molecule has 0 aliphatic rings. The monoisotopic (exact) mass is 355 g/mol. The Kier molecular flexibility index (Phi) is 5.53. The van der Waals surface area contributed by atoms with E-state index in [1.54, 1.807) is 6.20 Å². The average molecular weight is 355 g/mol. The van der Waals surface area contributed by atoms with Crippen LogP contribution in [0.4, 0.5) is 5.69 Å². The summed E-state index contributed by atoms with van der Waals surface area (Å²) in [4.78, 5) is 8.15. The summed E-state index contributed by atoms with van der Waals surface area (Å²) in [6.45, 7) is 8.00. The van der Waals surface area contributed by atoms with Crippen molar-refractivity contribution in [2.45, 2.75) is 27.7 Å². The van der Waals surface area contributed by atoms with Gasteiger partial charge < -0.3 is 5.73 Å². The maximum absolute atomic E-state index is 5.62. The van der Waals surface area contributed by atoms with Crippen LogP contribution in [0.15, 0.2) is 24.5 Å². The minimum Gasteiger partial charge on any atom is -0.397 e. The first kappa shape index (κ1) is 14.9. The fourth-order valence-corrected chi connectivity index (χ4v) is 1.70. The Bertz CT molecular complexity index is 449. The molecule has 0 saturated carbocycles. The van der Waals surface area contributed by atoms with Gasteiger partial charge in [-0.3, -0.25) is 9.97 Å². The smallest absolute Gasteiger partial charge is 0.0604 e. The van der Waals surface area contributed by atoms with Crippen LogP contribution < -0.4 is 5.73 Å². The molecule has 96 valence electrons. The van der Waals surface area contributed by atoms with E-state index < -0.39 is 0 Å². The van der Waals surface area contributed by atoms with Gasteiger partial charge in [-0.15, -0.1) is 0 Å². The van der Waals surface area contributed by atoms with E-state index in [9.17, 15) is 0 Å². The van der Waals surface area contributed by atoms with Crippen molar-refractivity contribution < 1.29 is 0 Å². The van der Waals surface area contributed by atoms with Gasteiger partial charge in [-0.2, -0.15) is 0 Å². The van der Waals surface area contributed by atoms with E-state index in [0.29, 0.717) is 0 Å². The first-order chi connectivity index (χ1) is 8.43. The van der Waals surface area contributed by atoms with E-state index in [1.807, 2.05) is 39.1 Å². The van der Waals surface area contributed by atoms with Gasteiger partial charge in [0.05, 0.1) is 17.1 Å². The highest BCUT2D eigenvalue weighted by atomic mass is 127. The largest absolute Gasteiger partial charge is 0.397 e. The molecule has 0 aliphatic carbocycles. The average Bonchev–Trinajstić information content (AvgIpc) is 2.34. The van der Waals surface area contributed by atoms with Gasteiger partial charge in [0, 0.05) is 16.0 Å². The number of nitrogen functional groups attached to an aromatic ring is 1. The lowest BCUT2D eigenvalue weighted by molar-refractivity contribution is 1.15. The maximum atomic E-state index is 5.62. The first-order valence-corrected chi connectivity index (χ1v) is 6.76. The van der Waals surface area contributed by atoms with Gasteiger partial charge in [0.15, 0.2) is 0 Å². The van der Waals surface area contributed by atoms with E-state index in [0.717, 1.165) is 22.6 Å². The molecule has 3 nitrogen and oxygen atoms in total. The summed E-state index contributed by atoms with van der Waals surface area (Å²) in [5.41, 5.74) is 10.9. The van der Waals surface area contributed by atoms with Crippen LogP contribution in [0.25, 0.3) is 0 Å². The highest BCUT2D eigenvalue weighted by Crippen LogP contribution is 2.12. The van der Waals surface area contributed by atoms with Gasteiger partial charge in [-0.25, -0.2) is 0 Å². The number of aromatic nitrogens is 2. The number of nitrogens with zero attached hydrogens (tertiary/aromatic N) is 2. The lowest BCUT2D eigenvalue weighted by Crippen LogP contribution is -1.94. The fraction of sp³-hybridized carbons (Fsp3) is 0.286. The molecule has 2 aromatic heterocycles. The lowest BCUT2D eigenvalue weighted by atomic mass is 10.2. The van der Waals surface area contributed by atoms with Gasteiger partial charge in [-0.1, -0.05) is 0 Å². The van der Waals surface area contributed by atoms with Gasteiger partial charge in [0.2, 0.25) is 0 Å². The van der Waals surface area contributed by atoms with Crippen LogP contribution in [0, 0.1) is 31.3 Å². The molecule has 0 unspecified atom stereocenters. The quantitative estimate of drug-likeness (QED) is 0.735. The van der Waals surface area contributed by atoms with Crippen molar-refractivity contribution in [3.63, 3.8) is 0 Å². The molecule has 0 fully saturated rings. The van der Waals surface area contributed by atoms with E-state index in [2.05, 4.69) is 39.5 Å². The van der Waals surface area contributed by atoms with Crippen LogP contribution in [0.1, 0.15) is 22.5 Å². The van der Waals surface area contributed by atoms with Crippen molar-refractivity contribution in [2.24, 2.45) is 0 Å². The van der Waals surface area contributed by atoms with Crippen LogP contribution in [-0.2, 0) is 0 Å². The number of halogens is 1. The minimum atomic E-state index is 0.803. The molecule has 18 heavy (non-hydrogen) atoms. The number of pyridine rings is 2. The Balaban J connectivity index is 0.000000180. The Morgan fingerprint density at radius 2 is 1.39 bits per heavy atom. The third-order valence-electron chi connectivity index (χ3n) is 2.66. The van der Waals surface area contributed by atoms with E-state index in [4.69, 9.17) is 5.73 Å². The molecule has 0 spiro atoms. The van der Waals surface area contributed by atoms with Gasteiger partial charge in [0.25, 0.3) is 0 Å². The van der Waals surface area contributed by atoms with Crippen molar-refractivity contribution in [3.8, 4) is 0 Å². The molecule has 0 amide bonds. The third-order valence-corrected chi connectivity index (χ3v) is 4.30. The molecule has 0 saturated heterocycles. The zero-order valence-corrected chi connectivity index (χ0v) is 13.3. The Morgan fingerprint density at radius 3 is 1.78 bits per heavy atom. The summed E-state index contributed by atoms with van der Waals surface area (Å²) in [5, 5.41) is 0. The SMILES string of the molecule is Cc1ccnc(C)c1I.Cc1ccnc(C)c1N. The third kappa shape index (κ3) is 3.94. The second kappa shape index (κ2) is 6.68. The molecule has 0 radical (unpaired) electrons. The summed E-state index contributed by atoms with van der Waals surface area (Å²) < 4.78 is 1.27.